The van der Waals surface area contributed by atoms with Crippen LogP contribution in [0.4, 0.5) is 0 Å². The number of likely N-dealkylation sites (N-methyl/N-ethyl adjacent to an activating group) is 1. The number of aliphatic carboxylic acids is 1. The van der Waals surface area contributed by atoms with Crippen LogP contribution < -0.4 is 0 Å². The molecular formula is C22H29N3O3. The summed E-state index contributed by atoms with van der Waals surface area (Å²) in [6.07, 6.45) is 2.99. The minimum Gasteiger partial charge on any atom is -0.480 e. The number of likely N-dealkylation sites (tertiary alicyclic amines) is 1. The lowest BCUT2D eigenvalue weighted by molar-refractivity contribution is -0.138. The Morgan fingerprint density at radius 2 is 1.96 bits per heavy atom. The number of amides is 1. The van der Waals surface area contributed by atoms with E-state index in [9.17, 15) is 9.59 Å². The Morgan fingerprint density at radius 1 is 1.21 bits per heavy atom. The van der Waals surface area contributed by atoms with Crippen LogP contribution in [0.15, 0.2) is 24.3 Å². The van der Waals surface area contributed by atoms with Crippen LogP contribution in [0.25, 0.3) is 10.9 Å². The Hall–Kier alpha value is -2.47. The van der Waals surface area contributed by atoms with Crippen LogP contribution in [0, 0.1) is 13.8 Å². The lowest BCUT2D eigenvalue weighted by atomic mass is 9.99. The first-order chi connectivity index (χ1) is 13.4. The molecule has 1 aromatic carbocycles. The minimum absolute atomic E-state index is 0.0414. The molecule has 1 aliphatic heterocycles. The number of hydrogen-bond acceptors (Lipinski definition) is 4. The number of benzene rings is 1. The van der Waals surface area contributed by atoms with E-state index in [4.69, 9.17) is 5.11 Å². The molecule has 3 rings (SSSR count). The Bertz CT molecular complexity index is 881. The second-order valence-electron chi connectivity index (χ2n) is 7.77. The Kier molecular flexibility index (Phi) is 6.29. The van der Waals surface area contributed by atoms with Gasteiger partial charge in [0.1, 0.15) is 0 Å². The number of carbonyl (C=O) groups excluding carboxylic acids is 1. The number of carboxylic acids is 1. The van der Waals surface area contributed by atoms with Crippen molar-refractivity contribution < 1.29 is 14.7 Å². The van der Waals surface area contributed by atoms with Gasteiger partial charge >= 0.3 is 5.97 Å². The number of hydrogen-bond donors (Lipinski definition) is 1. The van der Waals surface area contributed by atoms with Gasteiger partial charge in [0, 0.05) is 30.2 Å². The molecule has 1 N–H and O–H groups in total. The first-order valence-corrected chi connectivity index (χ1v) is 9.91. The molecule has 2 aromatic rings. The van der Waals surface area contributed by atoms with Crippen LogP contribution in [0.3, 0.4) is 0 Å². The Labute approximate surface area is 166 Å². The molecule has 28 heavy (non-hydrogen) atoms. The zero-order chi connectivity index (χ0) is 20.3. The lowest BCUT2D eigenvalue weighted by Gasteiger charge is -2.26. The predicted molar refractivity (Wildman–Crippen MR) is 109 cm³/mol. The maximum absolute atomic E-state index is 13.0. The first-order valence-electron chi connectivity index (χ1n) is 9.91. The van der Waals surface area contributed by atoms with Crippen LogP contribution in [-0.2, 0) is 16.0 Å². The molecule has 0 unspecified atom stereocenters. The van der Waals surface area contributed by atoms with Gasteiger partial charge in [-0.2, -0.15) is 0 Å². The molecule has 0 spiro atoms. The second-order valence-corrected chi connectivity index (χ2v) is 7.77. The summed E-state index contributed by atoms with van der Waals surface area (Å²) in [4.78, 5) is 32.5. The molecule has 1 fully saturated rings. The molecule has 2 heterocycles. The summed E-state index contributed by atoms with van der Waals surface area (Å²) >= 11 is 0. The molecule has 150 valence electrons. The van der Waals surface area contributed by atoms with Crippen molar-refractivity contribution in [1.29, 1.82) is 0 Å². The van der Waals surface area contributed by atoms with E-state index in [1.54, 1.807) is 0 Å². The standard InChI is InChI=1S/C22H29N3O3/c1-15-18-8-4-5-9-20(18)23-16(2)19(15)13-21(26)25-11-6-7-17(10-12-25)24(3)14-22(27)28/h4-5,8-9,17H,6-7,10-14H2,1-3H3,(H,27,28)/t17-/m0/s1. The molecular weight excluding hydrogens is 354 g/mol. The molecule has 1 aromatic heterocycles. The van der Waals surface area contributed by atoms with Crippen molar-refractivity contribution in [3.8, 4) is 0 Å². The zero-order valence-corrected chi connectivity index (χ0v) is 16.9. The van der Waals surface area contributed by atoms with E-state index in [0.29, 0.717) is 13.0 Å². The average molecular weight is 383 g/mol. The van der Waals surface area contributed by atoms with Crippen LogP contribution in [0.5, 0.6) is 0 Å². The number of fused-ring (bicyclic) bond motifs is 1. The van der Waals surface area contributed by atoms with Gasteiger partial charge in [-0.25, -0.2) is 0 Å². The van der Waals surface area contributed by atoms with Gasteiger partial charge in [-0.1, -0.05) is 18.2 Å². The summed E-state index contributed by atoms with van der Waals surface area (Å²) in [6, 6.07) is 8.25. The minimum atomic E-state index is -0.811. The number of aryl methyl sites for hydroxylation is 2. The normalized spacial score (nSPS) is 17.7. The fraction of sp³-hybridized carbons (Fsp3) is 0.500. The van der Waals surface area contributed by atoms with Gasteiger partial charge in [0.2, 0.25) is 5.91 Å². The van der Waals surface area contributed by atoms with E-state index < -0.39 is 5.97 Å². The van der Waals surface area contributed by atoms with Crippen molar-refractivity contribution in [3.05, 3.63) is 41.1 Å². The van der Waals surface area contributed by atoms with Gasteiger partial charge in [-0.3, -0.25) is 19.5 Å². The fourth-order valence-electron chi connectivity index (χ4n) is 4.21. The van der Waals surface area contributed by atoms with Crippen molar-refractivity contribution in [2.75, 3.05) is 26.7 Å². The van der Waals surface area contributed by atoms with Gasteiger partial charge in [0.15, 0.2) is 0 Å². The van der Waals surface area contributed by atoms with Crippen molar-refractivity contribution in [1.82, 2.24) is 14.8 Å². The van der Waals surface area contributed by atoms with Crippen molar-refractivity contribution in [3.63, 3.8) is 0 Å². The fourth-order valence-corrected chi connectivity index (χ4v) is 4.21. The van der Waals surface area contributed by atoms with Gasteiger partial charge in [0.05, 0.1) is 18.5 Å². The van der Waals surface area contributed by atoms with Crippen LogP contribution >= 0.6 is 0 Å². The molecule has 1 saturated heterocycles. The molecule has 1 amide bonds. The van der Waals surface area contributed by atoms with Gasteiger partial charge in [-0.05, 0) is 57.4 Å². The molecule has 1 aliphatic rings. The highest BCUT2D eigenvalue weighted by molar-refractivity contribution is 5.86. The predicted octanol–water partition coefficient (Wildman–Crippen LogP) is 2.79. The molecule has 6 heteroatoms. The third kappa shape index (κ3) is 4.50. The zero-order valence-electron chi connectivity index (χ0n) is 16.9. The molecule has 0 saturated carbocycles. The number of nitrogens with zero attached hydrogens (tertiary/aromatic N) is 3. The summed E-state index contributed by atoms with van der Waals surface area (Å²) in [5, 5.41) is 10.1. The van der Waals surface area contributed by atoms with E-state index >= 15 is 0 Å². The molecule has 6 nitrogen and oxygen atoms in total. The molecule has 0 bridgehead atoms. The topological polar surface area (TPSA) is 73.7 Å². The van der Waals surface area contributed by atoms with Crippen molar-refractivity contribution in [2.45, 2.75) is 45.6 Å². The quantitative estimate of drug-likeness (QED) is 0.859. The smallest absolute Gasteiger partial charge is 0.317 e. The third-order valence-electron chi connectivity index (χ3n) is 5.87. The number of rotatable bonds is 5. The molecule has 0 aliphatic carbocycles. The van der Waals surface area contributed by atoms with E-state index in [1.807, 2.05) is 42.0 Å². The highest BCUT2D eigenvalue weighted by Gasteiger charge is 2.25. The van der Waals surface area contributed by atoms with Crippen LogP contribution in [0.2, 0.25) is 0 Å². The van der Waals surface area contributed by atoms with Crippen LogP contribution in [-0.4, -0.2) is 64.5 Å². The average Bonchev–Trinajstić information content (AvgIpc) is 2.91. The number of carboxylic acid groups (broad SMARTS) is 1. The molecule has 0 radical (unpaired) electrons. The molecule has 1 atom stereocenters. The summed E-state index contributed by atoms with van der Waals surface area (Å²) in [6.45, 7) is 5.49. The van der Waals surface area contributed by atoms with E-state index in [-0.39, 0.29) is 18.5 Å². The Balaban J connectivity index is 1.70. The van der Waals surface area contributed by atoms with E-state index in [0.717, 1.165) is 53.5 Å². The number of pyridine rings is 1. The first kappa shape index (κ1) is 20.3. The summed E-state index contributed by atoms with van der Waals surface area (Å²) in [7, 11) is 1.85. The number of carbonyl (C=O) groups is 2. The summed E-state index contributed by atoms with van der Waals surface area (Å²) in [5.74, 6) is -0.681. The third-order valence-corrected chi connectivity index (χ3v) is 5.87. The number of para-hydroxylation sites is 1. The van der Waals surface area contributed by atoms with Crippen molar-refractivity contribution in [2.24, 2.45) is 0 Å². The lowest BCUT2D eigenvalue weighted by Crippen LogP contribution is -2.37. The number of aromatic nitrogens is 1. The van der Waals surface area contributed by atoms with E-state index in [2.05, 4.69) is 18.0 Å². The van der Waals surface area contributed by atoms with Gasteiger partial charge in [-0.15, -0.1) is 0 Å². The van der Waals surface area contributed by atoms with Gasteiger partial charge in [0.25, 0.3) is 0 Å². The van der Waals surface area contributed by atoms with E-state index in [1.165, 1.54) is 0 Å². The largest absolute Gasteiger partial charge is 0.480 e. The summed E-state index contributed by atoms with van der Waals surface area (Å²) in [5.41, 5.74) is 4.03. The highest BCUT2D eigenvalue weighted by atomic mass is 16.4. The Morgan fingerprint density at radius 3 is 2.71 bits per heavy atom. The van der Waals surface area contributed by atoms with Crippen molar-refractivity contribution >= 4 is 22.8 Å². The van der Waals surface area contributed by atoms with Crippen LogP contribution in [0.1, 0.15) is 36.1 Å². The second kappa shape index (κ2) is 8.69. The maximum Gasteiger partial charge on any atom is 0.317 e. The summed E-state index contributed by atoms with van der Waals surface area (Å²) < 4.78 is 0. The monoisotopic (exact) mass is 383 g/mol. The van der Waals surface area contributed by atoms with Gasteiger partial charge < -0.3 is 10.0 Å². The maximum atomic E-state index is 13.0. The highest BCUT2D eigenvalue weighted by Crippen LogP contribution is 2.24. The SMILES string of the molecule is Cc1nc2ccccc2c(C)c1CC(=O)N1CCC[C@H](N(C)CC(=O)O)CC1.